The highest BCUT2D eigenvalue weighted by Crippen LogP contribution is 2.35. The van der Waals surface area contributed by atoms with Gasteiger partial charge in [-0.1, -0.05) is 12.1 Å². The zero-order valence-corrected chi connectivity index (χ0v) is 12.3. The van der Waals surface area contributed by atoms with Crippen LogP contribution in [-0.2, 0) is 0 Å². The third-order valence-corrected chi connectivity index (χ3v) is 4.89. The highest BCUT2D eigenvalue weighted by atomic mass is 32.1. The summed E-state index contributed by atoms with van der Waals surface area (Å²) in [6, 6.07) is 9.97. The molecule has 3 rings (SSSR count). The van der Waals surface area contributed by atoms with Gasteiger partial charge in [-0.3, -0.25) is 4.79 Å². The van der Waals surface area contributed by atoms with Crippen LogP contribution in [-0.4, -0.2) is 17.4 Å². The third-order valence-electron chi connectivity index (χ3n) is 3.91. The van der Waals surface area contributed by atoms with Crippen molar-refractivity contribution in [2.24, 2.45) is 0 Å². The quantitative estimate of drug-likeness (QED) is 0.857. The van der Waals surface area contributed by atoms with Crippen LogP contribution in [0.25, 0.3) is 0 Å². The lowest BCUT2D eigenvalue weighted by Crippen LogP contribution is -2.30. The van der Waals surface area contributed by atoms with E-state index in [1.807, 2.05) is 30.0 Å². The second kappa shape index (κ2) is 5.29. The first-order valence-corrected chi connectivity index (χ1v) is 7.75. The molecule has 1 aliphatic heterocycles. The number of amides is 1. The van der Waals surface area contributed by atoms with E-state index in [-0.39, 0.29) is 11.9 Å². The largest absolute Gasteiger partial charge is 0.398 e. The molecule has 1 saturated heterocycles. The zero-order valence-electron chi connectivity index (χ0n) is 11.5. The Labute approximate surface area is 123 Å². The lowest BCUT2D eigenvalue weighted by atomic mass is 10.1. The van der Waals surface area contributed by atoms with Crippen LogP contribution in [0.15, 0.2) is 35.7 Å². The molecule has 0 radical (unpaired) electrons. The van der Waals surface area contributed by atoms with Crippen LogP contribution in [0, 0.1) is 6.92 Å². The van der Waals surface area contributed by atoms with Gasteiger partial charge in [0.2, 0.25) is 0 Å². The second-order valence-electron chi connectivity index (χ2n) is 5.24. The Kier molecular flexibility index (Phi) is 3.49. The molecule has 2 aromatic rings. The predicted octanol–water partition coefficient (Wildman–Crippen LogP) is 3.62. The maximum absolute atomic E-state index is 12.7. The number of hydrogen-bond acceptors (Lipinski definition) is 3. The number of carbonyl (C=O) groups excluding carboxylic acids is 1. The molecule has 1 aliphatic rings. The first-order valence-electron chi connectivity index (χ1n) is 6.87. The number of rotatable bonds is 2. The van der Waals surface area contributed by atoms with Crippen molar-refractivity contribution in [3.63, 3.8) is 0 Å². The van der Waals surface area contributed by atoms with E-state index in [2.05, 4.69) is 11.4 Å². The SMILES string of the molecule is Cc1ccc(C(=O)N2CCCC2c2cccs2)cc1N. The van der Waals surface area contributed by atoms with Crippen LogP contribution in [0.3, 0.4) is 0 Å². The molecular formula is C16H18N2OS. The molecular weight excluding hydrogens is 268 g/mol. The first-order chi connectivity index (χ1) is 9.66. The number of nitrogens with zero attached hydrogens (tertiary/aromatic N) is 1. The number of thiophene rings is 1. The van der Waals surface area contributed by atoms with Crippen LogP contribution in [0.1, 0.15) is 39.7 Å². The van der Waals surface area contributed by atoms with Crippen molar-refractivity contribution >= 4 is 22.9 Å². The van der Waals surface area contributed by atoms with Crippen LogP contribution in [0.5, 0.6) is 0 Å². The molecule has 20 heavy (non-hydrogen) atoms. The van der Waals surface area contributed by atoms with Gasteiger partial charge in [-0.25, -0.2) is 0 Å². The van der Waals surface area contributed by atoms with Crippen molar-refractivity contribution in [2.75, 3.05) is 12.3 Å². The Balaban J connectivity index is 1.87. The molecule has 1 aromatic carbocycles. The molecule has 2 N–H and O–H groups in total. The number of nitrogens with two attached hydrogens (primary N) is 1. The van der Waals surface area contributed by atoms with Gasteiger partial charge in [-0.2, -0.15) is 0 Å². The molecule has 1 unspecified atom stereocenters. The summed E-state index contributed by atoms with van der Waals surface area (Å²) in [6.07, 6.45) is 2.11. The lowest BCUT2D eigenvalue weighted by molar-refractivity contribution is 0.0738. The molecule has 0 saturated carbocycles. The molecule has 3 nitrogen and oxygen atoms in total. The summed E-state index contributed by atoms with van der Waals surface area (Å²) in [5.74, 6) is 0.0904. The Bertz CT molecular complexity index is 621. The van der Waals surface area contributed by atoms with Gasteiger partial charge in [0.1, 0.15) is 0 Å². The standard InChI is InChI=1S/C16H18N2OS/c1-11-6-7-12(10-13(11)17)16(19)18-8-2-4-14(18)15-5-3-9-20-15/h3,5-7,9-10,14H,2,4,8,17H2,1H3. The molecule has 0 aliphatic carbocycles. The van der Waals surface area contributed by atoms with Gasteiger partial charge >= 0.3 is 0 Å². The number of likely N-dealkylation sites (tertiary alicyclic amines) is 1. The minimum atomic E-state index is 0.0904. The number of anilines is 1. The van der Waals surface area contributed by atoms with Gasteiger partial charge in [-0.05, 0) is 48.9 Å². The number of aryl methyl sites for hydroxylation is 1. The molecule has 1 fully saturated rings. The van der Waals surface area contributed by atoms with Crippen molar-refractivity contribution in [1.82, 2.24) is 4.90 Å². The van der Waals surface area contributed by atoms with Crippen LogP contribution >= 0.6 is 11.3 Å². The summed E-state index contributed by atoms with van der Waals surface area (Å²) in [6.45, 7) is 2.78. The minimum absolute atomic E-state index is 0.0904. The zero-order chi connectivity index (χ0) is 14.1. The summed E-state index contributed by atoms with van der Waals surface area (Å²) >= 11 is 1.72. The summed E-state index contributed by atoms with van der Waals surface area (Å²) in [7, 11) is 0. The van der Waals surface area contributed by atoms with Crippen molar-refractivity contribution < 1.29 is 4.79 Å². The average Bonchev–Trinajstić information content (AvgIpc) is 3.10. The number of benzene rings is 1. The summed E-state index contributed by atoms with van der Waals surface area (Å²) in [4.78, 5) is 15.9. The van der Waals surface area contributed by atoms with Gasteiger partial charge in [0.15, 0.2) is 0 Å². The number of nitrogen functional groups attached to an aromatic ring is 1. The van der Waals surface area contributed by atoms with E-state index >= 15 is 0 Å². The summed E-state index contributed by atoms with van der Waals surface area (Å²) in [5, 5.41) is 2.07. The second-order valence-corrected chi connectivity index (χ2v) is 6.22. The van der Waals surface area contributed by atoms with Crippen molar-refractivity contribution in [1.29, 1.82) is 0 Å². The van der Waals surface area contributed by atoms with E-state index in [1.54, 1.807) is 17.4 Å². The Morgan fingerprint density at radius 3 is 2.95 bits per heavy atom. The molecule has 1 aromatic heterocycles. The maximum Gasteiger partial charge on any atom is 0.254 e. The van der Waals surface area contributed by atoms with Crippen molar-refractivity contribution in [3.8, 4) is 0 Å². The Morgan fingerprint density at radius 2 is 2.25 bits per heavy atom. The molecule has 104 valence electrons. The number of hydrogen-bond donors (Lipinski definition) is 1. The van der Waals surface area contributed by atoms with Gasteiger partial charge < -0.3 is 10.6 Å². The van der Waals surface area contributed by atoms with Crippen LogP contribution in [0.2, 0.25) is 0 Å². The third kappa shape index (κ3) is 2.31. The van der Waals surface area contributed by atoms with Crippen molar-refractivity contribution in [2.45, 2.75) is 25.8 Å². The van der Waals surface area contributed by atoms with Gasteiger partial charge in [-0.15, -0.1) is 11.3 Å². The molecule has 4 heteroatoms. The summed E-state index contributed by atoms with van der Waals surface area (Å²) in [5.41, 5.74) is 8.30. The lowest BCUT2D eigenvalue weighted by Gasteiger charge is -2.24. The minimum Gasteiger partial charge on any atom is -0.398 e. The van der Waals surface area contributed by atoms with E-state index in [0.29, 0.717) is 11.3 Å². The van der Waals surface area contributed by atoms with E-state index in [4.69, 9.17) is 5.73 Å². The normalized spacial score (nSPS) is 18.4. The van der Waals surface area contributed by atoms with E-state index < -0.39 is 0 Å². The van der Waals surface area contributed by atoms with E-state index in [1.165, 1.54) is 4.88 Å². The summed E-state index contributed by atoms with van der Waals surface area (Å²) < 4.78 is 0. The predicted molar refractivity (Wildman–Crippen MR) is 82.9 cm³/mol. The Morgan fingerprint density at radius 1 is 1.40 bits per heavy atom. The fourth-order valence-electron chi connectivity index (χ4n) is 2.73. The molecule has 0 bridgehead atoms. The number of carbonyl (C=O) groups is 1. The molecule has 2 heterocycles. The maximum atomic E-state index is 12.7. The smallest absolute Gasteiger partial charge is 0.254 e. The molecule has 1 amide bonds. The fraction of sp³-hybridized carbons (Fsp3) is 0.312. The van der Waals surface area contributed by atoms with Crippen LogP contribution < -0.4 is 5.73 Å². The average molecular weight is 286 g/mol. The highest BCUT2D eigenvalue weighted by Gasteiger charge is 2.31. The van der Waals surface area contributed by atoms with Gasteiger partial charge in [0.05, 0.1) is 6.04 Å². The monoisotopic (exact) mass is 286 g/mol. The van der Waals surface area contributed by atoms with E-state index in [0.717, 1.165) is 24.9 Å². The Hall–Kier alpha value is -1.81. The van der Waals surface area contributed by atoms with Gasteiger partial charge in [0, 0.05) is 22.7 Å². The van der Waals surface area contributed by atoms with Crippen molar-refractivity contribution in [3.05, 3.63) is 51.7 Å². The first kappa shape index (κ1) is 13.2. The van der Waals surface area contributed by atoms with E-state index in [9.17, 15) is 4.79 Å². The fourth-order valence-corrected chi connectivity index (χ4v) is 3.60. The molecule has 0 spiro atoms. The van der Waals surface area contributed by atoms with Crippen LogP contribution in [0.4, 0.5) is 5.69 Å². The highest BCUT2D eigenvalue weighted by molar-refractivity contribution is 7.10. The molecule has 1 atom stereocenters. The topological polar surface area (TPSA) is 46.3 Å². The van der Waals surface area contributed by atoms with Gasteiger partial charge in [0.25, 0.3) is 5.91 Å².